The van der Waals surface area contributed by atoms with Crippen molar-refractivity contribution in [2.24, 2.45) is 0 Å². The summed E-state index contributed by atoms with van der Waals surface area (Å²) < 4.78 is 14.1. The second-order valence-electron chi connectivity index (χ2n) is 7.77. The first-order valence-corrected chi connectivity index (χ1v) is 10.5. The smallest absolute Gasteiger partial charge is 0.320 e. The fraction of sp³-hybridized carbons (Fsp3) is 0.200. The summed E-state index contributed by atoms with van der Waals surface area (Å²) in [7, 11) is 0. The molecule has 0 saturated carbocycles. The van der Waals surface area contributed by atoms with Gasteiger partial charge in [0.15, 0.2) is 0 Å². The van der Waals surface area contributed by atoms with Gasteiger partial charge in [-0.25, -0.2) is 14.0 Å². The lowest BCUT2D eigenvalue weighted by atomic mass is 10.1. The molecule has 32 heavy (non-hydrogen) atoms. The average molecular weight is 432 g/mol. The molecular formula is C25H25FN4O2. The highest BCUT2D eigenvalue weighted by molar-refractivity contribution is 6.04. The van der Waals surface area contributed by atoms with Gasteiger partial charge >= 0.3 is 12.1 Å². The predicted octanol–water partition coefficient (Wildman–Crippen LogP) is 5.61. The summed E-state index contributed by atoms with van der Waals surface area (Å²) in [6.45, 7) is 3.19. The van der Waals surface area contributed by atoms with E-state index in [0.29, 0.717) is 35.7 Å². The highest BCUT2D eigenvalue weighted by Gasteiger charge is 2.29. The van der Waals surface area contributed by atoms with Crippen LogP contribution >= 0.6 is 0 Å². The van der Waals surface area contributed by atoms with Gasteiger partial charge < -0.3 is 15.5 Å². The van der Waals surface area contributed by atoms with Gasteiger partial charge in [-0.3, -0.25) is 4.90 Å². The van der Waals surface area contributed by atoms with Crippen molar-refractivity contribution in [1.29, 1.82) is 0 Å². The Kier molecular flexibility index (Phi) is 6.35. The maximum atomic E-state index is 14.1. The van der Waals surface area contributed by atoms with E-state index in [4.69, 9.17) is 0 Å². The first kappa shape index (κ1) is 21.4. The molecule has 0 spiro atoms. The summed E-state index contributed by atoms with van der Waals surface area (Å²) in [4.78, 5) is 29.1. The zero-order chi connectivity index (χ0) is 22.5. The van der Waals surface area contributed by atoms with Crippen LogP contribution in [-0.4, -0.2) is 30.1 Å². The SMILES string of the molecule is Cc1ccc(N2CCCN(Cc3ccccc3F)C2=O)c(NC(=O)Nc2ccccc2)c1. The maximum absolute atomic E-state index is 14.1. The van der Waals surface area contributed by atoms with Gasteiger partial charge in [-0.05, 0) is 49.2 Å². The van der Waals surface area contributed by atoms with E-state index in [-0.39, 0.29) is 18.4 Å². The van der Waals surface area contributed by atoms with Crippen LogP contribution < -0.4 is 15.5 Å². The summed E-state index contributed by atoms with van der Waals surface area (Å²) in [6.07, 6.45) is 0.740. The van der Waals surface area contributed by atoms with Gasteiger partial charge in [0.25, 0.3) is 0 Å². The minimum Gasteiger partial charge on any atom is -0.320 e. The van der Waals surface area contributed by atoms with Crippen molar-refractivity contribution in [3.05, 3.63) is 89.7 Å². The van der Waals surface area contributed by atoms with Gasteiger partial charge in [-0.2, -0.15) is 0 Å². The number of carbonyl (C=O) groups is 2. The van der Waals surface area contributed by atoms with Crippen LogP contribution in [0.15, 0.2) is 72.8 Å². The van der Waals surface area contributed by atoms with Crippen molar-refractivity contribution in [2.75, 3.05) is 28.6 Å². The molecule has 1 aliphatic heterocycles. The Morgan fingerprint density at radius 2 is 1.72 bits per heavy atom. The van der Waals surface area contributed by atoms with Gasteiger partial charge in [-0.15, -0.1) is 0 Å². The summed E-state index contributed by atoms with van der Waals surface area (Å²) >= 11 is 0. The Hall–Kier alpha value is -3.87. The number of amides is 4. The zero-order valence-corrected chi connectivity index (χ0v) is 17.8. The number of hydrogen-bond donors (Lipinski definition) is 2. The molecule has 4 rings (SSSR count). The molecule has 164 valence electrons. The summed E-state index contributed by atoms with van der Waals surface area (Å²) in [5, 5.41) is 5.66. The second-order valence-corrected chi connectivity index (χ2v) is 7.77. The number of halogens is 1. The Morgan fingerprint density at radius 3 is 2.50 bits per heavy atom. The van der Waals surface area contributed by atoms with Crippen molar-refractivity contribution in [3.8, 4) is 0 Å². The first-order chi connectivity index (χ1) is 15.5. The highest BCUT2D eigenvalue weighted by Crippen LogP contribution is 2.30. The number of carbonyl (C=O) groups excluding carboxylic acids is 2. The second kappa shape index (κ2) is 9.51. The van der Waals surface area contributed by atoms with Crippen LogP contribution in [0.3, 0.4) is 0 Å². The van der Waals surface area contributed by atoms with E-state index < -0.39 is 6.03 Å². The van der Waals surface area contributed by atoms with E-state index in [2.05, 4.69) is 10.6 Å². The van der Waals surface area contributed by atoms with Crippen molar-refractivity contribution in [2.45, 2.75) is 19.9 Å². The number of urea groups is 2. The standard InChI is InChI=1S/C25H25FN4O2/c1-18-12-13-23(22(16-18)28-24(31)27-20-9-3-2-4-10-20)30-15-7-14-29(25(30)32)17-19-8-5-6-11-21(19)26/h2-6,8-13,16H,7,14-15,17H2,1H3,(H2,27,28,31). The topological polar surface area (TPSA) is 64.7 Å². The third-order valence-corrected chi connectivity index (χ3v) is 5.35. The third kappa shape index (κ3) is 4.88. The molecule has 0 aliphatic carbocycles. The Labute approximate surface area is 186 Å². The molecule has 0 aromatic heterocycles. The number of aryl methyl sites for hydroxylation is 1. The molecule has 0 bridgehead atoms. The lowest BCUT2D eigenvalue weighted by molar-refractivity contribution is 0.192. The van der Waals surface area contributed by atoms with E-state index in [1.807, 2.05) is 43.3 Å². The lowest BCUT2D eigenvalue weighted by Crippen LogP contribution is -2.49. The van der Waals surface area contributed by atoms with Gasteiger partial charge in [-0.1, -0.05) is 42.5 Å². The van der Waals surface area contributed by atoms with Crippen molar-refractivity contribution >= 4 is 29.1 Å². The first-order valence-electron chi connectivity index (χ1n) is 10.5. The van der Waals surface area contributed by atoms with Crippen molar-refractivity contribution in [1.82, 2.24) is 4.90 Å². The van der Waals surface area contributed by atoms with E-state index >= 15 is 0 Å². The molecule has 6 nitrogen and oxygen atoms in total. The quantitative estimate of drug-likeness (QED) is 0.550. The Bertz CT molecular complexity index is 1120. The molecule has 1 saturated heterocycles. The van der Waals surface area contributed by atoms with E-state index in [9.17, 15) is 14.0 Å². The molecule has 7 heteroatoms. The minimum absolute atomic E-state index is 0.200. The van der Waals surface area contributed by atoms with Crippen LogP contribution in [0.2, 0.25) is 0 Å². The molecule has 0 radical (unpaired) electrons. The minimum atomic E-state index is -0.393. The van der Waals surface area contributed by atoms with E-state index in [1.54, 1.807) is 40.1 Å². The van der Waals surface area contributed by atoms with Gasteiger partial charge in [0.1, 0.15) is 5.82 Å². The third-order valence-electron chi connectivity index (χ3n) is 5.35. The normalized spacial score (nSPS) is 13.8. The fourth-order valence-electron chi connectivity index (χ4n) is 3.78. The average Bonchev–Trinajstić information content (AvgIpc) is 2.78. The van der Waals surface area contributed by atoms with Crippen molar-refractivity contribution < 1.29 is 14.0 Å². The monoisotopic (exact) mass is 432 g/mol. The molecule has 4 amide bonds. The number of nitrogens with zero attached hydrogens (tertiary/aromatic N) is 2. The molecule has 0 unspecified atom stereocenters. The summed E-state index contributed by atoms with van der Waals surface area (Å²) in [5.41, 5.74) is 3.26. The number of rotatable bonds is 5. The highest BCUT2D eigenvalue weighted by atomic mass is 19.1. The van der Waals surface area contributed by atoms with Gasteiger partial charge in [0.05, 0.1) is 17.9 Å². The fourth-order valence-corrected chi connectivity index (χ4v) is 3.78. The molecule has 3 aromatic carbocycles. The lowest BCUT2D eigenvalue weighted by Gasteiger charge is -2.36. The number of anilines is 3. The van der Waals surface area contributed by atoms with Crippen LogP contribution in [0.25, 0.3) is 0 Å². The van der Waals surface area contributed by atoms with Gasteiger partial charge in [0, 0.05) is 24.3 Å². The molecule has 1 fully saturated rings. The number of hydrogen-bond acceptors (Lipinski definition) is 2. The molecule has 0 atom stereocenters. The molecule has 1 heterocycles. The van der Waals surface area contributed by atoms with Crippen LogP contribution in [-0.2, 0) is 6.54 Å². The Morgan fingerprint density at radius 1 is 0.969 bits per heavy atom. The summed E-state index contributed by atoms with van der Waals surface area (Å²) in [5.74, 6) is -0.326. The van der Waals surface area contributed by atoms with Crippen LogP contribution in [0.1, 0.15) is 17.5 Å². The summed E-state index contributed by atoms with van der Waals surface area (Å²) in [6, 6.07) is 20.6. The van der Waals surface area contributed by atoms with Crippen LogP contribution in [0.5, 0.6) is 0 Å². The van der Waals surface area contributed by atoms with Crippen LogP contribution in [0, 0.1) is 12.7 Å². The zero-order valence-electron chi connectivity index (χ0n) is 17.8. The molecule has 3 aromatic rings. The maximum Gasteiger partial charge on any atom is 0.324 e. The molecule has 2 N–H and O–H groups in total. The number of para-hydroxylation sites is 1. The Balaban J connectivity index is 1.54. The van der Waals surface area contributed by atoms with E-state index in [0.717, 1.165) is 12.0 Å². The largest absolute Gasteiger partial charge is 0.324 e. The number of nitrogens with one attached hydrogen (secondary N) is 2. The van der Waals surface area contributed by atoms with Crippen molar-refractivity contribution in [3.63, 3.8) is 0 Å². The van der Waals surface area contributed by atoms with E-state index in [1.165, 1.54) is 6.07 Å². The molecular weight excluding hydrogens is 407 g/mol. The molecule has 1 aliphatic rings. The number of benzene rings is 3. The van der Waals surface area contributed by atoms with Gasteiger partial charge in [0.2, 0.25) is 0 Å². The van der Waals surface area contributed by atoms with Crippen LogP contribution in [0.4, 0.5) is 31.0 Å². The predicted molar refractivity (Wildman–Crippen MR) is 124 cm³/mol.